The van der Waals surface area contributed by atoms with Gasteiger partial charge in [-0.3, -0.25) is 14.9 Å². The molecular weight excluding hydrogens is 364 g/mol. The van der Waals surface area contributed by atoms with Gasteiger partial charge >= 0.3 is 12.0 Å². The number of hydrogen-bond acceptors (Lipinski definition) is 5. The molecule has 6 nitrogen and oxygen atoms in total. The van der Waals surface area contributed by atoms with Crippen LogP contribution in [0, 0.1) is 0 Å². The maximum Gasteiger partial charge on any atom is 0.324 e. The molecular formula is C20H22N2O4S. The molecule has 2 aromatic carbocycles. The molecule has 0 saturated carbocycles. The van der Waals surface area contributed by atoms with Gasteiger partial charge < -0.3 is 10.1 Å². The average molecular weight is 386 g/mol. The van der Waals surface area contributed by atoms with Crippen molar-refractivity contribution in [1.82, 2.24) is 10.6 Å². The summed E-state index contributed by atoms with van der Waals surface area (Å²) in [6.45, 7) is 3.02. The second-order valence-corrected chi connectivity index (χ2v) is 7.18. The third kappa shape index (κ3) is 7.15. The number of amides is 3. The third-order valence-electron chi connectivity index (χ3n) is 3.33. The molecule has 0 heterocycles. The van der Waals surface area contributed by atoms with E-state index in [1.807, 2.05) is 60.7 Å². The van der Waals surface area contributed by atoms with Gasteiger partial charge in [0.2, 0.25) is 0 Å². The molecule has 0 bridgehead atoms. The van der Waals surface area contributed by atoms with E-state index < -0.39 is 29.8 Å². The Kier molecular flexibility index (Phi) is 7.88. The first-order valence-electron chi connectivity index (χ1n) is 8.49. The fourth-order valence-corrected chi connectivity index (χ4v) is 3.23. The summed E-state index contributed by atoms with van der Waals surface area (Å²) in [5.41, 5.74) is 0.773. The second-order valence-electron chi connectivity index (χ2n) is 6.01. The highest BCUT2D eigenvalue weighted by Crippen LogP contribution is 2.36. The lowest BCUT2D eigenvalue weighted by Gasteiger charge is -2.16. The Morgan fingerprint density at radius 3 is 2.15 bits per heavy atom. The van der Waals surface area contributed by atoms with Gasteiger partial charge in [-0.1, -0.05) is 48.5 Å². The molecule has 0 aliphatic carbocycles. The Bertz CT molecular complexity index is 766. The number of thioether (sulfide) groups is 1. The summed E-state index contributed by atoms with van der Waals surface area (Å²) in [7, 11) is 0. The maximum absolute atomic E-state index is 12.6. The molecule has 3 amide bonds. The van der Waals surface area contributed by atoms with Gasteiger partial charge in [-0.05, 0) is 31.5 Å². The maximum atomic E-state index is 12.6. The van der Waals surface area contributed by atoms with Crippen LogP contribution in [0.2, 0.25) is 0 Å². The number of urea groups is 1. The second kappa shape index (κ2) is 10.4. The minimum Gasteiger partial charge on any atom is -0.454 e. The van der Waals surface area contributed by atoms with Crippen molar-refractivity contribution in [3.63, 3.8) is 0 Å². The van der Waals surface area contributed by atoms with Crippen molar-refractivity contribution < 1.29 is 19.1 Å². The van der Waals surface area contributed by atoms with Gasteiger partial charge in [0.1, 0.15) is 5.25 Å². The topological polar surface area (TPSA) is 84.5 Å². The van der Waals surface area contributed by atoms with Crippen LogP contribution in [-0.2, 0) is 14.3 Å². The summed E-state index contributed by atoms with van der Waals surface area (Å²) in [5.74, 6) is -1.23. The van der Waals surface area contributed by atoms with Crippen molar-refractivity contribution in [2.75, 3.05) is 6.61 Å². The molecule has 27 heavy (non-hydrogen) atoms. The predicted molar refractivity (Wildman–Crippen MR) is 104 cm³/mol. The van der Waals surface area contributed by atoms with Crippen LogP contribution in [0.15, 0.2) is 65.6 Å². The minimum atomic E-state index is -0.682. The van der Waals surface area contributed by atoms with Gasteiger partial charge in [0.05, 0.1) is 0 Å². The van der Waals surface area contributed by atoms with Gasteiger partial charge in [0.25, 0.3) is 5.91 Å². The molecule has 2 rings (SSSR count). The number of rotatable bonds is 7. The van der Waals surface area contributed by atoms with Crippen molar-refractivity contribution in [2.45, 2.75) is 30.0 Å². The SMILES string of the molecule is CC(C)NC(=O)NC(=O)COC(=O)[C@@H](Sc1ccccc1)c1ccccc1. The molecule has 0 aliphatic rings. The lowest BCUT2D eigenvalue weighted by atomic mass is 10.1. The van der Waals surface area contributed by atoms with Crippen molar-refractivity contribution >= 4 is 29.7 Å². The van der Waals surface area contributed by atoms with Gasteiger partial charge in [0.15, 0.2) is 6.61 Å². The molecule has 7 heteroatoms. The zero-order valence-electron chi connectivity index (χ0n) is 15.2. The van der Waals surface area contributed by atoms with Crippen molar-refractivity contribution in [3.8, 4) is 0 Å². The zero-order chi connectivity index (χ0) is 19.6. The Balaban J connectivity index is 1.99. The highest BCUT2D eigenvalue weighted by atomic mass is 32.2. The van der Waals surface area contributed by atoms with E-state index in [0.717, 1.165) is 10.5 Å². The van der Waals surface area contributed by atoms with Crippen LogP contribution in [0.25, 0.3) is 0 Å². The lowest BCUT2D eigenvalue weighted by molar-refractivity contribution is -0.147. The summed E-state index contributed by atoms with van der Waals surface area (Å²) in [6.07, 6.45) is 0. The van der Waals surface area contributed by atoms with E-state index in [4.69, 9.17) is 4.74 Å². The Morgan fingerprint density at radius 1 is 0.963 bits per heavy atom. The summed E-state index contributed by atoms with van der Waals surface area (Å²) < 4.78 is 5.15. The first-order valence-corrected chi connectivity index (χ1v) is 9.37. The van der Waals surface area contributed by atoms with E-state index in [1.165, 1.54) is 11.8 Å². The predicted octanol–water partition coefficient (Wildman–Crippen LogP) is 3.30. The number of nitrogens with one attached hydrogen (secondary N) is 2. The molecule has 0 aliphatic heterocycles. The van der Waals surface area contributed by atoms with E-state index >= 15 is 0 Å². The molecule has 2 N–H and O–H groups in total. The quantitative estimate of drug-likeness (QED) is 0.563. The average Bonchev–Trinajstić information content (AvgIpc) is 2.65. The highest BCUT2D eigenvalue weighted by molar-refractivity contribution is 8.00. The van der Waals surface area contributed by atoms with Crippen molar-refractivity contribution in [3.05, 3.63) is 66.2 Å². The summed E-state index contributed by atoms with van der Waals surface area (Å²) in [6, 6.07) is 17.9. The molecule has 0 saturated heterocycles. The molecule has 0 unspecified atom stereocenters. The number of imide groups is 1. The number of carbonyl (C=O) groups excluding carboxylic acids is 3. The highest BCUT2D eigenvalue weighted by Gasteiger charge is 2.24. The summed E-state index contributed by atoms with van der Waals surface area (Å²) in [4.78, 5) is 36.8. The first-order chi connectivity index (χ1) is 13.0. The van der Waals surface area contributed by atoms with Gasteiger partial charge in [-0.2, -0.15) is 0 Å². The van der Waals surface area contributed by atoms with Crippen LogP contribution < -0.4 is 10.6 Å². The third-order valence-corrected chi connectivity index (χ3v) is 4.58. The normalized spacial score (nSPS) is 11.5. The molecule has 0 aromatic heterocycles. The smallest absolute Gasteiger partial charge is 0.324 e. The van der Waals surface area contributed by atoms with E-state index in [1.54, 1.807) is 13.8 Å². The fraction of sp³-hybridized carbons (Fsp3) is 0.250. The first kappa shape index (κ1) is 20.5. The van der Waals surface area contributed by atoms with E-state index in [2.05, 4.69) is 10.6 Å². The Morgan fingerprint density at radius 2 is 1.56 bits per heavy atom. The van der Waals surface area contributed by atoms with E-state index in [9.17, 15) is 14.4 Å². The summed E-state index contributed by atoms with van der Waals surface area (Å²) in [5, 5.41) is 4.03. The Labute approximate surface area is 162 Å². The fourth-order valence-electron chi connectivity index (χ4n) is 2.19. The molecule has 2 aromatic rings. The van der Waals surface area contributed by atoms with Crippen LogP contribution in [-0.4, -0.2) is 30.6 Å². The monoisotopic (exact) mass is 386 g/mol. The van der Waals surface area contributed by atoms with Crippen LogP contribution in [0.3, 0.4) is 0 Å². The van der Waals surface area contributed by atoms with E-state index in [0.29, 0.717) is 0 Å². The molecule has 0 spiro atoms. The van der Waals surface area contributed by atoms with Crippen LogP contribution in [0.5, 0.6) is 0 Å². The standard InChI is InChI=1S/C20H22N2O4S/c1-14(2)21-20(25)22-17(23)13-26-19(24)18(15-9-5-3-6-10-15)27-16-11-7-4-8-12-16/h3-12,14,18H,13H2,1-2H3,(H2,21,22,23,25)/t18-/m0/s1. The number of ether oxygens (including phenoxy) is 1. The van der Waals surface area contributed by atoms with Crippen molar-refractivity contribution in [2.24, 2.45) is 0 Å². The summed E-state index contributed by atoms with van der Waals surface area (Å²) >= 11 is 1.34. The number of carbonyl (C=O) groups is 3. The van der Waals surface area contributed by atoms with Gasteiger partial charge in [-0.25, -0.2) is 4.79 Å². The largest absolute Gasteiger partial charge is 0.454 e. The number of esters is 1. The minimum absolute atomic E-state index is 0.106. The number of benzene rings is 2. The molecule has 0 radical (unpaired) electrons. The van der Waals surface area contributed by atoms with Crippen molar-refractivity contribution in [1.29, 1.82) is 0 Å². The molecule has 142 valence electrons. The van der Waals surface area contributed by atoms with E-state index in [-0.39, 0.29) is 6.04 Å². The van der Waals surface area contributed by atoms with Crippen LogP contribution in [0.4, 0.5) is 4.79 Å². The lowest BCUT2D eigenvalue weighted by Crippen LogP contribution is -2.44. The van der Waals surface area contributed by atoms with Crippen LogP contribution in [0.1, 0.15) is 24.7 Å². The van der Waals surface area contributed by atoms with Gasteiger partial charge in [-0.15, -0.1) is 11.8 Å². The molecule has 0 fully saturated rings. The Hall–Kier alpha value is -2.80. The van der Waals surface area contributed by atoms with Gasteiger partial charge in [0, 0.05) is 10.9 Å². The van der Waals surface area contributed by atoms with Crippen LogP contribution >= 0.6 is 11.8 Å². The molecule has 1 atom stereocenters. The zero-order valence-corrected chi connectivity index (χ0v) is 16.0. The number of hydrogen-bond donors (Lipinski definition) is 2.